The smallest absolute Gasteiger partial charge is 0.329 e. The van der Waals surface area contributed by atoms with Crippen molar-refractivity contribution in [2.75, 3.05) is 19.8 Å². The lowest BCUT2D eigenvalue weighted by atomic mass is 10.4. The van der Waals surface area contributed by atoms with Crippen molar-refractivity contribution in [3.63, 3.8) is 0 Å². The summed E-state index contributed by atoms with van der Waals surface area (Å²) < 4.78 is 9.44. The monoisotopic (exact) mass is 192 g/mol. The predicted octanol–water partition coefficient (Wildman–Crippen LogP) is -0.423. The Morgan fingerprint density at radius 3 is 2.23 bits per heavy atom. The quantitative estimate of drug-likeness (QED) is 0.569. The molecule has 0 aliphatic heterocycles. The molecule has 0 rings (SSSR count). The molecule has 0 aliphatic carbocycles. The first-order valence-electron chi connectivity index (χ1n) is 3.65. The third-order valence-electron chi connectivity index (χ3n) is 1.07. The van der Waals surface area contributed by atoms with Crippen LogP contribution in [0.2, 0.25) is 0 Å². The van der Waals surface area contributed by atoms with Crippen molar-refractivity contribution in [3.8, 4) is 0 Å². The number of hydrogen-bond donors (Lipinski definition) is 2. The number of rotatable bonds is 7. The molecule has 13 heavy (non-hydrogen) atoms. The lowest BCUT2D eigenvalue weighted by Gasteiger charge is -2.10. The average Bonchev–Trinajstić information content (AvgIpc) is 2.00. The minimum absolute atomic E-state index is 0.0690. The van der Waals surface area contributed by atoms with Crippen LogP contribution in [0.5, 0.6) is 0 Å². The van der Waals surface area contributed by atoms with Crippen molar-refractivity contribution < 1.29 is 29.3 Å². The highest BCUT2D eigenvalue weighted by atomic mass is 16.5. The molecule has 0 aromatic rings. The van der Waals surface area contributed by atoms with Gasteiger partial charge in [0.1, 0.15) is 13.2 Å². The summed E-state index contributed by atoms with van der Waals surface area (Å²) in [4.78, 5) is 20.0. The normalized spacial score (nSPS) is 12.4. The topological polar surface area (TPSA) is 93.1 Å². The third kappa shape index (κ3) is 8.77. The fraction of sp³-hybridized carbons (Fsp3) is 0.714. The zero-order valence-electron chi connectivity index (χ0n) is 7.23. The highest BCUT2D eigenvalue weighted by molar-refractivity contribution is 5.68. The van der Waals surface area contributed by atoms with E-state index in [-0.39, 0.29) is 6.61 Å². The lowest BCUT2D eigenvalue weighted by molar-refractivity contribution is -0.148. The van der Waals surface area contributed by atoms with Gasteiger partial charge >= 0.3 is 11.9 Å². The number of carboxylic acid groups (broad SMARTS) is 2. The molecular formula is C7H12O6. The predicted molar refractivity (Wildman–Crippen MR) is 41.5 cm³/mol. The molecule has 0 aromatic carbocycles. The van der Waals surface area contributed by atoms with Gasteiger partial charge in [0.05, 0.1) is 12.7 Å². The third-order valence-corrected chi connectivity index (χ3v) is 1.07. The van der Waals surface area contributed by atoms with E-state index in [1.807, 2.05) is 0 Å². The molecule has 0 saturated carbocycles. The zero-order valence-corrected chi connectivity index (χ0v) is 7.23. The molecule has 0 bridgehead atoms. The maximum Gasteiger partial charge on any atom is 0.329 e. The van der Waals surface area contributed by atoms with Gasteiger partial charge in [0.25, 0.3) is 0 Å². The summed E-state index contributed by atoms with van der Waals surface area (Å²) in [6.45, 7) is 0.864. The van der Waals surface area contributed by atoms with Crippen LogP contribution in [0, 0.1) is 0 Å². The number of ether oxygens (including phenoxy) is 2. The Morgan fingerprint density at radius 2 is 1.77 bits per heavy atom. The van der Waals surface area contributed by atoms with Crippen molar-refractivity contribution in [1.29, 1.82) is 0 Å². The van der Waals surface area contributed by atoms with Gasteiger partial charge in [0, 0.05) is 0 Å². The second-order valence-corrected chi connectivity index (χ2v) is 2.42. The average molecular weight is 192 g/mol. The van der Waals surface area contributed by atoms with Gasteiger partial charge in [-0.1, -0.05) is 0 Å². The Kier molecular flexibility index (Phi) is 5.82. The first-order valence-corrected chi connectivity index (χ1v) is 3.65. The molecule has 0 saturated heterocycles. The van der Waals surface area contributed by atoms with Crippen LogP contribution in [0.4, 0.5) is 0 Å². The Bertz CT molecular complexity index is 178. The molecule has 6 nitrogen and oxygen atoms in total. The highest BCUT2D eigenvalue weighted by Gasteiger charge is 2.06. The number of hydrogen-bond acceptors (Lipinski definition) is 4. The van der Waals surface area contributed by atoms with Gasteiger partial charge in [-0.05, 0) is 6.92 Å². The summed E-state index contributed by atoms with van der Waals surface area (Å²) in [6, 6.07) is 0. The summed E-state index contributed by atoms with van der Waals surface area (Å²) in [5, 5.41) is 16.4. The molecule has 0 aromatic heterocycles. The van der Waals surface area contributed by atoms with Crippen molar-refractivity contribution in [3.05, 3.63) is 0 Å². The van der Waals surface area contributed by atoms with E-state index in [4.69, 9.17) is 14.9 Å². The highest BCUT2D eigenvalue weighted by Crippen LogP contribution is 1.91. The summed E-state index contributed by atoms with van der Waals surface area (Å²) in [6.07, 6.45) is -0.421. The van der Waals surface area contributed by atoms with E-state index in [1.165, 1.54) is 0 Å². The standard InChI is InChI=1S/C7H12O6/c1-5(13-4-7(10)11)2-12-3-6(8)9/h5H,2-4H2,1H3,(H,8,9)(H,10,11). The Morgan fingerprint density at radius 1 is 1.23 bits per heavy atom. The second-order valence-electron chi connectivity index (χ2n) is 2.42. The van der Waals surface area contributed by atoms with E-state index < -0.39 is 31.3 Å². The summed E-state index contributed by atoms with van der Waals surface area (Å²) in [5.74, 6) is -2.13. The van der Waals surface area contributed by atoms with Gasteiger partial charge in [-0.25, -0.2) is 9.59 Å². The molecule has 0 radical (unpaired) electrons. The Hall–Kier alpha value is -1.14. The van der Waals surface area contributed by atoms with E-state index in [0.717, 1.165) is 0 Å². The molecule has 0 heterocycles. The maximum absolute atomic E-state index is 10.0. The second kappa shape index (κ2) is 6.38. The molecule has 1 unspecified atom stereocenters. The van der Waals surface area contributed by atoms with Crippen LogP contribution in [-0.4, -0.2) is 48.1 Å². The van der Waals surface area contributed by atoms with Crippen molar-refractivity contribution in [2.45, 2.75) is 13.0 Å². The molecule has 0 aliphatic rings. The number of aliphatic carboxylic acids is 2. The minimum Gasteiger partial charge on any atom is -0.480 e. The molecule has 1 atom stereocenters. The van der Waals surface area contributed by atoms with Crippen molar-refractivity contribution >= 4 is 11.9 Å². The van der Waals surface area contributed by atoms with Crippen LogP contribution in [0.1, 0.15) is 6.92 Å². The van der Waals surface area contributed by atoms with E-state index in [0.29, 0.717) is 0 Å². The first kappa shape index (κ1) is 11.9. The largest absolute Gasteiger partial charge is 0.480 e. The van der Waals surface area contributed by atoms with Crippen LogP contribution < -0.4 is 0 Å². The van der Waals surface area contributed by atoms with Crippen LogP contribution >= 0.6 is 0 Å². The molecular weight excluding hydrogens is 180 g/mol. The minimum atomic E-state index is -1.06. The maximum atomic E-state index is 10.0. The van der Waals surface area contributed by atoms with Crippen LogP contribution in [-0.2, 0) is 19.1 Å². The first-order chi connectivity index (χ1) is 6.02. The van der Waals surface area contributed by atoms with E-state index in [2.05, 4.69) is 4.74 Å². The van der Waals surface area contributed by atoms with Gasteiger partial charge in [-0.15, -0.1) is 0 Å². The van der Waals surface area contributed by atoms with Gasteiger partial charge in [-0.2, -0.15) is 0 Å². The summed E-state index contributed by atoms with van der Waals surface area (Å²) in [5.41, 5.74) is 0. The molecule has 0 fully saturated rings. The van der Waals surface area contributed by atoms with Crippen LogP contribution in [0.25, 0.3) is 0 Å². The fourth-order valence-corrected chi connectivity index (χ4v) is 0.574. The van der Waals surface area contributed by atoms with Gasteiger partial charge in [-0.3, -0.25) is 0 Å². The molecule has 76 valence electrons. The van der Waals surface area contributed by atoms with E-state index >= 15 is 0 Å². The molecule has 0 amide bonds. The van der Waals surface area contributed by atoms with Gasteiger partial charge in [0.2, 0.25) is 0 Å². The fourth-order valence-electron chi connectivity index (χ4n) is 0.574. The number of carbonyl (C=O) groups is 2. The van der Waals surface area contributed by atoms with Gasteiger partial charge in [0.15, 0.2) is 0 Å². The van der Waals surface area contributed by atoms with Gasteiger partial charge < -0.3 is 19.7 Å². The molecule has 6 heteroatoms. The summed E-state index contributed by atoms with van der Waals surface area (Å²) >= 11 is 0. The Labute approximate surface area is 75.1 Å². The van der Waals surface area contributed by atoms with E-state index in [1.54, 1.807) is 6.92 Å². The van der Waals surface area contributed by atoms with Crippen molar-refractivity contribution in [1.82, 2.24) is 0 Å². The van der Waals surface area contributed by atoms with Crippen LogP contribution in [0.15, 0.2) is 0 Å². The number of carboxylic acids is 2. The summed E-state index contributed by atoms with van der Waals surface area (Å²) in [7, 11) is 0. The Balaban J connectivity index is 3.35. The zero-order chi connectivity index (χ0) is 10.3. The van der Waals surface area contributed by atoms with Crippen LogP contribution in [0.3, 0.4) is 0 Å². The molecule has 0 spiro atoms. The van der Waals surface area contributed by atoms with E-state index in [9.17, 15) is 9.59 Å². The molecule has 2 N–H and O–H groups in total. The van der Waals surface area contributed by atoms with Crippen molar-refractivity contribution in [2.24, 2.45) is 0 Å². The lowest BCUT2D eigenvalue weighted by Crippen LogP contribution is -2.21. The SMILES string of the molecule is CC(COCC(=O)O)OCC(=O)O.